The Kier molecular flexibility index (Phi) is 4.94. The average Bonchev–Trinajstić information content (AvgIpc) is 2.39. The van der Waals surface area contributed by atoms with Gasteiger partial charge in [-0.25, -0.2) is 0 Å². The van der Waals surface area contributed by atoms with Gasteiger partial charge in [0.05, 0.1) is 13.2 Å². The van der Waals surface area contributed by atoms with E-state index in [9.17, 15) is 0 Å². The van der Waals surface area contributed by atoms with E-state index < -0.39 is 0 Å². The third-order valence-corrected chi connectivity index (χ3v) is 3.79. The van der Waals surface area contributed by atoms with Gasteiger partial charge >= 0.3 is 0 Å². The summed E-state index contributed by atoms with van der Waals surface area (Å²) in [4.78, 5) is 0. The van der Waals surface area contributed by atoms with Crippen molar-refractivity contribution in [3.8, 4) is 11.5 Å². The third kappa shape index (κ3) is 4.01. The maximum absolute atomic E-state index is 6.18. The molecule has 0 heterocycles. The summed E-state index contributed by atoms with van der Waals surface area (Å²) in [7, 11) is 0. The van der Waals surface area contributed by atoms with Crippen LogP contribution in [0.4, 0.5) is 0 Å². The van der Waals surface area contributed by atoms with Crippen molar-refractivity contribution in [2.24, 2.45) is 11.1 Å². The van der Waals surface area contributed by atoms with Gasteiger partial charge in [0.2, 0.25) is 0 Å². The lowest BCUT2D eigenvalue weighted by Gasteiger charge is -2.33. The van der Waals surface area contributed by atoms with Gasteiger partial charge in [0, 0.05) is 6.04 Å². The number of hydrogen-bond donors (Lipinski definition) is 1. The molecule has 21 heavy (non-hydrogen) atoms. The molecule has 0 saturated carbocycles. The van der Waals surface area contributed by atoms with E-state index in [1.54, 1.807) is 0 Å². The summed E-state index contributed by atoms with van der Waals surface area (Å²) in [6.07, 6.45) is 4.27. The van der Waals surface area contributed by atoms with Gasteiger partial charge in [-0.15, -0.1) is 0 Å². The third-order valence-electron chi connectivity index (χ3n) is 3.79. The maximum Gasteiger partial charge on any atom is 0.161 e. The minimum atomic E-state index is 0.130. The van der Waals surface area contributed by atoms with Gasteiger partial charge in [-0.3, -0.25) is 0 Å². The van der Waals surface area contributed by atoms with E-state index in [4.69, 9.17) is 15.2 Å². The zero-order chi connectivity index (χ0) is 15.5. The van der Waals surface area contributed by atoms with Gasteiger partial charge in [0.15, 0.2) is 11.5 Å². The molecule has 0 fully saturated rings. The lowest BCUT2D eigenvalue weighted by atomic mass is 9.74. The minimum absolute atomic E-state index is 0.130. The highest BCUT2D eigenvalue weighted by Gasteiger charge is 2.27. The molecule has 1 unspecified atom stereocenters. The van der Waals surface area contributed by atoms with Gasteiger partial charge in [0.1, 0.15) is 0 Å². The van der Waals surface area contributed by atoms with Crippen LogP contribution in [0, 0.1) is 5.41 Å². The molecule has 0 saturated heterocycles. The van der Waals surface area contributed by atoms with Crippen molar-refractivity contribution in [3.05, 3.63) is 29.8 Å². The molecule has 1 aromatic carbocycles. The molecule has 1 atom stereocenters. The molecule has 0 bridgehead atoms. The Labute approximate surface area is 128 Å². The first kappa shape index (κ1) is 15.9. The number of benzene rings is 1. The van der Waals surface area contributed by atoms with E-state index in [2.05, 4.69) is 32.1 Å². The van der Waals surface area contributed by atoms with Gasteiger partial charge in [-0.2, -0.15) is 0 Å². The average molecular weight is 289 g/mol. The highest BCUT2D eigenvalue weighted by atomic mass is 16.5. The Balaban J connectivity index is 2.33. The summed E-state index contributed by atoms with van der Waals surface area (Å²) in [5.41, 5.74) is 8.92. The van der Waals surface area contributed by atoms with Crippen molar-refractivity contribution in [3.63, 3.8) is 0 Å². The molecule has 3 heteroatoms. The standard InChI is InChI=1S/C18H27NO2/c1-5-20-16-8-7-13(10-17(16)21-6-2)14-9-15(19)12-18(3,4)11-14/h7-10,15H,5-6,11-12,19H2,1-4H3. The smallest absolute Gasteiger partial charge is 0.161 e. The molecule has 1 aliphatic rings. The van der Waals surface area contributed by atoms with E-state index in [-0.39, 0.29) is 11.5 Å². The number of rotatable bonds is 5. The molecule has 1 aromatic rings. The van der Waals surface area contributed by atoms with Crippen molar-refractivity contribution >= 4 is 5.57 Å². The zero-order valence-corrected chi connectivity index (χ0v) is 13.6. The largest absolute Gasteiger partial charge is 0.490 e. The fourth-order valence-corrected chi connectivity index (χ4v) is 3.05. The predicted octanol–water partition coefficient (Wildman–Crippen LogP) is 4.01. The van der Waals surface area contributed by atoms with Crippen LogP contribution in [0.25, 0.3) is 5.57 Å². The van der Waals surface area contributed by atoms with E-state index in [0.29, 0.717) is 13.2 Å². The van der Waals surface area contributed by atoms with Gasteiger partial charge in [0.25, 0.3) is 0 Å². The summed E-state index contributed by atoms with van der Waals surface area (Å²) in [6, 6.07) is 6.31. The van der Waals surface area contributed by atoms with Crippen LogP contribution >= 0.6 is 0 Å². The van der Waals surface area contributed by atoms with E-state index in [1.165, 1.54) is 11.1 Å². The topological polar surface area (TPSA) is 44.5 Å². The van der Waals surface area contributed by atoms with Crippen LogP contribution in [-0.4, -0.2) is 19.3 Å². The summed E-state index contributed by atoms with van der Waals surface area (Å²) in [6.45, 7) is 9.79. The second-order valence-electron chi connectivity index (χ2n) is 6.43. The van der Waals surface area contributed by atoms with Crippen molar-refractivity contribution in [1.82, 2.24) is 0 Å². The molecule has 0 spiro atoms. The molecule has 116 valence electrons. The monoisotopic (exact) mass is 289 g/mol. The molecule has 0 aromatic heterocycles. The highest BCUT2D eigenvalue weighted by Crippen LogP contribution is 2.41. The van der Waals surface area contributed by atoms with Crippen molar-refractivity contribution in [2.75, 3.05) is 13.2 Å². The number of ether oxygens (including phenoxy) is 2. The minimum Gasteiger partial charge on any atom is -0.490 e. The zero-order valence-electron chi connectivity index (χ0n) is 13.6. The first-order valence-corrected chi connectivity index (χ1v) is 7.81. The normalized spacial score (nSPS) is 20.8. The second-order valence-corrected chi connectivity index (χ2v) is 6.43. The Bertz CT molecular complexity index is 520. The summed E-state index contributed by atoms with van der Waals surface area (Å²) in [5.74, 6) is 1.62. The van der Waals surface area contributed by atoms with Crippen molar-refractivity contribution in [2.45, 2.75) is 46.6 Å². The summed E-state index contributed by atoms with van der Waals surface area (Å²) < 4.78 is 11.3. The molecular formula is C18H27NO2. The van der Waals surface area contributed by atoms with Crippen LogP contribution in [0.5, 0.6) is 11.5 Å². The maximum atomic E-state index is 6.18. The summed E-state index contributed by atoms with van der Waals surface area (Å²) in [5, 5.41) is 0. The van der Waals surface area contributed by atoms with Crippen LogP contribution < -0.4 is 15.2 Å². The molecule has 0 amide bonds. The van der Waals surface area contributed by atoms with Gasteiger partial charge < -0.3 is 15.2 Å². The first-order chi connectivity index (χ1) is 9.95. The lowest BCUT2D eigenvalue weighted by Crippen LogP contribution is -2.30. The predicted molar refractivity (Wildman–Crippen MR) is 87.7 cm³/mol. The molecule has 2 N–H and O–H groups in total. The number of allylic oxidation sites excluding steroid dienone is 1. The van der Waals surface area contributed by atoms with Gasteiger partial charge in [-0.05, 0) is 55.4 Å². The molecule has 0 radical (unpaired) electrons. The fraction of sp³-hybridized carbons (Fsp3) is 0.556. The first-order valence-electron chi connectivity index (χ1n) is 7.81. The van der Waals surface area contributed by atoms with Crippen molar-refractivity contribution < 1.29 is 9.47 Å². The lowest BCUT2D eigenvalue weighted by molar-refractivity contribution is 0.287. The second kappa shape index (κ2) is 6.52. The van der Waals surface area contributed by atoms with Crippen molar-refractivity contribution in [1.29, 1.82) is 0 Å². The van der Waals surface area contributed by atoms with E-state index in [1.807, 2.05) is 19.9 Å². The highest BCUT2D eigenvalue weighted by molar-refractivity contribution is 5.70. The number of nitrogens with two attached hydrogens (primary N) is 1. The Morgan fingerprint density at radius 3 is 2.43 bits per heavy atom. The molecular weight excluding hydrogens is 262 g/mol. The SMILES string of the molecule is CCOc1ccc(C2=CC(N)CC(C)(C)C2)cc1OCC. The number of hydrogen-bond acceptors (Lipinski definition) is 3. The summed E-state index contributed by atoms with van der Waals surface area (Å²) >= 11 is 0. The Morgan fingerprint density at radius 2 is 1.81 bits per heavy atom. The Morgan fingerprint density at radius 1 is 1.14 bits per heavy atom. The van der Waals surface area contributed by atoms with E-state index >= 15 is 0 Å². The quantitative estimate of drug-likeness (QED) is 0.890. The molecule has 0 aliphatic heterocycles. The van der Waals surface area contributed by atoms with Crippen LogP contribution in [0.1, 0.15) is 46.1 Å². The molecule has 3 nitrogen and oxygen atoms in total. The molecule has 1 aliphatic carbocycles. The Hall–Kier alpha value is -1.48. The van der Waals surface area contributed by atoms with E-state index in [0.717, 1.165) is 24.3 Å². The fourth-order valence-electron chi connectivity index (χ4n) is 3.05. The van der Waals surface area contributed by atoms with Crippen LogP contribution in [0.2, 0.25) is 0 Å². The van der Waals surface area contributed by atoms with Gasteiger partial charge in [-0.1, -0.05) is 26.0 Å². The van der Waals surface area contributed by atoms with Crippen LogP contribution in [0.3, 0.4) is 0 Å². The van der Waals surface area contributed by atoms with Crippen LogP contribution in [-0.2, 0) is 0 Å². The molecule has 2 rings (SSSR count). The van der Waals surface area contributed by atoms with Crippen LogP contribution in [0.15, 0.2) is 24.3 Å².